The van der Waals surface area contributed by atoms with E-state index in [1.165, 1.54) is 103 Å². The van der Waals surface area contributed by atoms with E-state index in [1.54, 1.807) is 0 Å². The number of benzene rings is 1. The predicted octanol–water partition coefficient (Wildman–Crippen LogP) is 8.88. The maximum absolute atomic E-state index is 12.4. The Bertz CT molecular complexity index is 483. The molecular formula is C27H46O2. The zero-order valence-electron chi connectivity index (χ0n) is 19.3. The van der Waals surface area contributed by atoms with Gasteiger partial charge in [-0.25, -0.2) is 0 Å². The van der Waals surface area contributed by atoms with Gasteiger partial charge in [0.2, 0.25) is 0 Å². The molecule has 1 unspecified atom stereocenters. The average Bonchev–Trinajstić information content (AvgIpc) is 2.73. The molecular weight excluding hydrogens is 356 g/mol. The van der Waals surface area contributed by atoms with Gasteiger partial charge in [0.05, 0.1) is 0 Å². The van der Waals surface area contributed by atoms with E-state index >= 15 is 0 Å². The van der Waals surface area contributed by atoms with Crippen LogP contribution in [0.3, 0.4) is 0 Å². The van der Waals surface area contributed by atoms with Crippen molar-refractivity contribution in [3.63, 3.8) is 0 Å². The number of carbonyl (C=O) groups excluding carboxylic acids is 1. The molecule has 2 heteroatoms. The molecule has 1 aromatic carbocycles. The fourth-order valence-electron chi connectivity index (χ4n) is 4.03. The van der Waals surface area contributed by atoms with Gasteiger partial charge in [0.1, 0.15) is 5.75 Å². The Morgan fingerprint density at radius 1 is 0.690 bits per heavy atom. The molecule has 0 aliphatic rings. The highest BCUT2D eigenvalue weighted by atomic mass is 16.5. The molecule has 2 nitrogen and oxygen atoms in total. The predicted molar refractivity (Wildman–Crippen MR) is 125 cm³/mol. The number of carbonyl (C=O) groups is 1. The number of ether oxygens (including phenoxy) is 1. The van der Waals surface area contributed by atoms with E-state index in [1.807, 2.05) is 30.3 Å². The molecule has 0 heterocycles. The van der Waals surface area contributed by atoms with E-state index in [4.69, 9.17) is 4.74 Å². The lowest BCUT2D eigenvalue weighted by Crippen LogP contribution is -2.14. The van der Waals surface area contributed by atoms with Crippen LogP contribution in [0.2, 0.25) is 0 Å². The minimum Gasteiger partial charge on any atom is -0.427 e. The molecule has 0 saturated carbocycles. The molecule has 0 fully saturated rings. The highest BCUT2D eigenvalue weighted by Crippen LogP contribution is 2.23. The molecule has 0 aromatic heterocycles. The number of hydrogen-bond donors (Lipinski definition) is 0. The first-order valence-electron chi connectivity index (χ1n) is 12.5. The average molecular weight is 403 g/mol. The molecule has 0 spiro atoms. The van der Waals surface area contributed by atoms with Crippen LogP contribution in [0.25, 0.3) is 0 Å². The first-order valence-corrected chi connectivity index (χ1v) is 12.5. The Balaban J connectivity index is 2.28. The molecule has 29 heavy (non-hydrogen) atoms. The second kappa shape index (κ2) is 18.7. The summed E-state index contributed by atoms with van der Waals surface area (Å²) in [6, 6.07) is 9.49. The fourth-order valence-corrected chi connectivity index (χ4v) is 4.03. The lowest BCUT2D eigenvalue weighted by atomic mass is 9.91. The molecule has 0 N–H and O–H groups in total. The first kappa shape index (κ1) is 25.7. The van der Waals surface area contributed by atoms with Crippen LogP contribution in [0, 0.1) is 5.92 Å². The Morgan fingerprint density at radius 3 is 1.62 bits per heavy atom. The molecule has 1 aromatic rings. The molecule has 0 bridgehead atoms. The minimum absolute atomic E-state index is 0.0632. The summed E-state index contributed by atoms with van der Waals surface area (Å²) in [6.45, 7) is 4.53. The first-order chi connectivity index (χ1) is 14.3. The van der Waals surface area contributed by atoms with Crippen LogP contribution in [0.5, 0.6) is 5.75 Å². The standard InChI is InChI=1S/C27H46O2/c1-3-5-7-9-11-12-14-17-21-25(20-16-13-10-8-6-4-2)24-27(28)29-26-22-18-15-19-23-26/h15,18-19,22-23,25H,3-14,16-17,20-21,24H2,1-2H3. The van der Waals surface area contributed by atoms with Crippen molar-refractivity contribution in [2.24, 2.45) is 5.92 Å². The summed E-state index contributed by atoms with van der Waals surface area (Å²) in [5, 5.41) is 0. The van der Waals surface area contributed by atoms with Crippen LogP contribution in [0.4, 0.5) is 0 Å². The van der Waals surface area contributed by atoms with Gasteiger partial charge in [0.25, 0.3) is 0 Å². The van der Waals surface area contributed by atoms with Crippen molar-refractivity contribution in [3.8, 4) is 5.75 Å². The number of para-hydroxylation sites is 1. The summed E-state index contributed by atoms with van der Waals surface area (Å²) < 4.78 is 5.55. The molecule has 166 valence electrons. The van der Waals surface area contributed by atoms with Gasteiger partial charge in [-0.05, 0) is 30.9 Å². The molecule has 0 saturated heterocycles. The van der Waals surface area contributed by atoms with Crippen molar-refractivity contribution in [2.75, 3.05) is 0 Å². The fraction of sp³-hybridized carbons (Fsp3) is 0.741. The van der Waals surface area contributed by atoms with Gasteiger partial charge in [0, 0.05) is 6.42 Å². The number of unbranched alkanes of at least 4 members (excludes halogenated alkanes) is 12. The highest BCUT2D eigenvalue weighted by Gasteiger charge is 2.15. The third kappa shape index (κ3) is 15.2. The van der Waals surface area contributed by atoms with E-state index in [9.17, 15) is 4.79 Å². The Labute approximate surface area is 180 Å². The Morgan fingerprint density at radius 2 is 1.14 bits per heavy atom. The normalized spacial score (nSPS) is 12.1. The van der Waals surface area contributed by atoms with Crippen LogP contribution < -0.4 is 4.74 Å². The summed E-state index contributed by atoms with van der Waals surface area (Å²) in [5.74, 6) is 1.09. The summed E-state index contributed by atoms with van der Waals surface area (Å²) in [6.07, 6.45) is 21.6. The second-order valence-electron chi connectivity index (χ2n) is 8.68. The quantitative estimate of drug-likeness (QED) is 0.131. The van der Waals surface area contributed by atoms with Crippen LogP contribution >= 0.6 is 0 Å². The van der Waals surface area contributed by atoms with Crippen molar-refractivity contribution >= 4 is 5.97 Å². The second-order valence-corrected chi connectivity index (χ2v) is 8.68. The smallest absolute Gasteiger partial charge is 0.311 e. The maximum atomic E-state index is 12.4. The van der Waals surface area contributed by atoms with E-state index in [0.29, 0.717) is 18.1 Å². The van der Waals surface area contributed by atoms with Crippen molar-refractivity contribution < 1.29 is 9.53 Å². The Kier molecular flexibility index (Phi) is 16.6. The molecule has 1 rings (SSSR count). The van der Waals surface area contributed by atoms with E-state index in [0.717, 1.165) is 0 Å². The van der Waals surface area contributed by atoms with Gasteiger partial charge >= 0.3 is 5.97 Å². The lowest BCUT2D eigenvalue weighted by Gasteiger charge is -2.16. The van der Waals surface area contributed by atoms with Crippen molar-refractivity contribution in [2.45, 2.75) is 123 Å². The van der Waals surface area contributed by atoms with Gasteiger partial charge in [-0.1, -0.05) is 122 Å². The van der Waals surface area contributed by atoms with Crippen LogP contribution in [-0.2, 0) is 4.79 Å². The molecule has 1 atom stereocenters. The number of rotatable bonds is 19. The zero-order valence-corrected chi connectivity index (χ0v) is 19.3. The summed E-state index contributed by atoms with van der Waals surface area (Å²) in [4.78, 5) is 12.4. The lowest BCUT2D eigenvalue weighted by molar-refractivity contribution is -0.135. The molecule has 0 aliphatic carbocycles. The largest absolute Gasteiger partial charge is 0.427 e. The molecule has 0 amide bonds. The van der Waals surface area contributed by atoms with Crippen molar-refractivity contribution in [1.29, 1.82) is 0 Å². The Hall–Kier alpha value is -1.31. The van der Waals surface area contributed by atoms with Crippen LogP contribution in [0.15, 0.2) is 30.3 Å². The summed E-state index contributed by atoms with van der Waals surface area (Å²) >= 11 is 0. The molecule has 0 aliphatic heterocycles. The third-order valence-corrected chi connectivity index (χ3v) is 5.86. The zero-order chi connectivity index (χ0) is 21.0. The van der Waals surface area contributed by atoms with Gasteiger partial charge in [-0.15, -0.1) is 0 Å². The summed E-state index contributed by atoms with van der Waals surface area (Å²) in [5.41, 5.74) is 0. The monoisotopic (exact) mass is 402 g/mol. The van der Waals surface area contributed by atoms with E-state index < -0.39 is 0 Å². The third-order valence-electron chi connectivity index (χ3n) is 5.86. The van der Waals surface area contributed by atoms with E-state index in [2.05, 4.69) is 13.8 Å². The van der Waals surface area contributed by atoms with Gasteiger partial charge in [-0.2, -0.15) is 0 Å². The van der Waals surface area contributed by atoms with Gasteiger partial charge in [0.15, 0.2) is 0 Å². The maximum Gasteiger partial charge on any atom is 0.311 e. The van der Waals surface area contributed by atoms with Crippen molar-refractivity contribution in [3.05, 3.63) is 30.3 Å². The minimum atomic E-state index is -0.0632. The highest BCUT2D eigenvalue weighted by molar-refractivity contribution is 5.72. The number of esters is 1. The summed E-state index contributed by atoms with van der Waals surface area (Å²) in [7, 11) is 0. The van der Waals surface area contributed by atoms with Crippen LogP contribution in [-0.4, -0.2) is 5.97 Å². The van der Waals surface area contributed by atoms with E-state index in [-0.39, 0.29) is 5.97 Å². The molecule has 0 radical (unpaired) electrons. The number of hydrogen-bond acceptors (Lipinski definition) is 2. The topological polar surface area (TPSA) is 26.3 Å². The van der Waals surface area contributed by atoms with Crippen LogP contribution in [0.1, 0.15) is 123 Å². The van der Waals surface area contributed by atoms with Gasteiger partial charge in [-0.3, -0.25) is 4.79 Å². The van der Waals surface area contributed by atoms with Gasteiger partial charge < -0.3 is 4.74 Å². The SMILES string of the molecule is CCCCCCCCCCC(CCCCCCCC)CC(=O)Oc1ccccc1. The van der Waals surface area contributed by atoms with Crippen molar-refractivity contribution in [1.82, 2.24) is 0 Å².